The third-order valence-electron chi connectivity index (χ3n) is 3.38. The molecule has 1 saturated heterocycles. The molecule has 6 heteroatoms. The molecule has 0 radical (unpaired) electrons. The van der Waals surface area contributed by atoms with Gasteiger partial charge in [-0.2, -0.15) is 0 Å². The van der Waals surface area contributed by atoms with Crippen molar-refractivity contribution >= 4 is 17.5 Å². The van der Waals surface area contributed by atoms with Gasteiger partial charge < -0.3 is 21.1 Å². The van der Waals surface area contributed by atoms with Crippen LogP contribution in [-0.2, 0) is 9.59 Å². The number of hydrogen-bond acceptors (Lipinski definition) is 4. The number of ether oxygens (including phenoxy) is 1. The van der Waals surface area contributed by atoms with Gasteiger partial charge in [0.2, 0.25) is 5.91 Å². The maximum absolute atomic E-state index is 12.2. The largest absolute Gasteiger partial charge is 0.484 e. The Bertz CT molecular complexity index is 479. The molecule has 1 unspecified atom stereocenters. The highest BCUT2D eigenvalue weighted by Gasteiger charge is 2.19. The van der Waals surface area contributed by atoms with Gasteiger partial charge in [-0.3, -0.25) is 9.59 Å². The molecule has 0 saturated carbocycles. The second-order valence-corrected chi connectivity index (χ2v) is 5.12. The zero-order valence-electron chi connectivity index (χ0n) is 11.9. The van der Waals surface area contributed by atoms with E-state index >= 15 is 0 Å². The number of anilines is 1. The summed E-state index contributed by atoms with van der Waals surface area (Å²) in [5.74, 6) is 0.00825. The first-order chi connectivity index (χ1) is 10.1. The first kappa shape index (κ1) is 15.3. The zero-order valence-corrected chi connectivity index (χ0v) is 11.9. The minimum absolute atomic E-state index is 0.0114. The fourth-order valence-corrected chi connectivity index (χ4v) is 2.27. The summed E-state index contributed by atoms with van der Waals surface area (Å²) < 4.78 is 5.16. The molecule has 6 nitrogen and oxygen atoms in total. The summed E-state index contributed by atoms with van der Waals surface area (Å²) in [4.78, 5) is 22.8. The number of benzene rings is 1. The van der Waals surface area contributed by atoms with Crippen LogP contribution >= 0.6 is 0 Å². The lowest BCUT2D eigenvalue weighted by Crippen LogP contribution is -2.39. The van der Waals surface area contributed by atoms with E-state index in [1.165, 1.54) is 6.42 Å². The average Bonchev–Trinajstić information content (AvgIpc) is 2.75. The Morgan fingerprint density at radius 1 is 1.24 bits per heavy atom. The minimum atomic E-state index is -0.521. The molecule has 114 valence electrons. The Kier molecular flexibility index (Phi) is 5.57. The van der Waals surface area contributed by atoms with Crippen molar-refractivity contribution in [3.05, 3.63) is 24.3 Å². The Labute approximate surface area is 124 Å². The Hall–Kier alpha value is -2.08. The highest BCUT2D eigenvalue weighted by molar-refractivity contribution is 5.94. The number of rotatable bonds is 5. The van der Waals surface area contributed by atoms with Gasteiger partial charge in [-0.15, -0.1) is 0 Å². The van der Waals surface area contributed by atoms with Gasteiger partial charge in [-0.05, 0) is 43.7 Å². The predicted octanol–water partition coefficient (Wildman–Crippen LogP) is 1.02. The van der Waals surface area contributed by atoms with Crippen molar-refractivity contribution in [3.8, 4) is 5.75 Å². The second kappa shape index (κ2) is 7.64. The molecule has 1 aromatic rings. The normalized spacial score (nSPS) is 18.6. The van der Waals surface area contributed by atoms with Crippen LogP contribution in [0.4, 0.5) is 5.69 Å². The van der Waals surface area contributed by atoms with Crippen LogP contribution in [0.1, 0.15) is 25.7 Å². The maximum Gasteiger partial charge on any atom is 0.255 e. The van der Waals surface area contributed by atoms with E-state index in [9.17, 15) is 9.59 Å². The number of hydrogen-bond donors (Lipinski definition) is 3. The molecule has 0 bridgehead atoms. The fourth-order valence-electron chi connectivity index (χ4n) is 2.27. The van der Waals surface area contributed by atoms with Crippen LogP contribution in [-0.4, -0.2) is 31.0 Å². The van der Waals surface area contributed by atoms with Gasteiger partial charge in [0, 0.05) is 5.69 Å². The third-order valence-corrected chi connectivity index (χ3v) is 3.38. The lowest BCUT2D eigenvalue weighted by molar-refractivity contribution is -0.120. The molecule has 0 aliphatic carbocycles. The van der Waals surface area contributed by atoms with Crippen LogP contribution in [0.15, 0.2) is 24.3 Å². The molecule has 1 fully saturated rings. The zero-order chi connectivity index (χ0) is 15.1. The van der Waals surface area contributed by atoms with E-state index in [1.807, 2.05) is 0 Å². The molecular weight excluding hydrogens is 270 g/mol. The quantitative estimate of drug-likeness (QED) is 0.755. The van der Waals surface area contributed by atoms with Crippen LogP contribution in [0.5, 0.6) is 5.75 Å². The Morgan fingerprint density at radius 3 is 2.71 bits per heavy atom. The van der Waals surface area contributed by atoms with E-state index in [2.05, 4.69) is 10.6 Å². The molecular formula is C15H21N3O3. The number of carbonyl (C=O) groups excluding carboxylic acids is 2. The maximum atomic E-state index is 12.2. The minimum Gasteiger partial charge on any atom is -0.484 e. The molecule has 0 aromatic heterocycles. The van der Waals surface area contributed by atoms with Crippen molar-refractivity contribution in [2.45, 2.75) is 31.7 Å². The molecule has 4 N–H and O–H groups in total. The molecule has 0 spiro atoms. The lowest BCUT2D eigenvalue weighted by atomic mass is 10.1. The van der Waals surface area contributed by atoms with Gasteiger partial charge >= 0.3 is 0 Å². The van der Waals surface area contributed by atoms with Crippen molar-refractivity contribution < 1.29 is 14.3 Å². The fraction of sp³-hybridized carbons (Fsp3) is 0.467. The Balaban J connectivity index is 1.87. The average molecular weight is 291 g/mol. The molecule has 21 heavy (non-hydrogen) atoms. The van der Waals surface area contributed by atoms with E-state index in [1.54, 1.807) is 24.3 Å². The van der Waals surface area contributed by atoms with Crippen LogP contribution in [0.3, 0.4) is 0 Å². The standard InChI is InChI=1S/C15H21N3O3/c16-14(19)10-21-12-7-5-11(6-8-12)18-15(20)13-4-2-1-3-9-17-13/h5-8,13,17H,1-4,9-10H2,(H2,16,19)(H,18,20). The van der Waals surface area contributed by atoms with Crippen LogP contribution in [0, 0.1) is 0 Å². The predicted molar refractivity (Wildman–Crippen MR) is 80.0 cm³/mol. The van der Waals surface area contributed by atoms with E-state index in [4.69, 9.17) is 10.5 Å². The van der Waals surface area contributed by atoms with E-state index in [-0.39, 0.29) is 18.6 Å². The molecule has 1 aromatic carbocycles. The van der Waals surface area contributed by atoms with Gasteiger partial charge in [-0.25, -0.2) is 0 Å². The highest BCUT2D eigenvalue weighted by atomic mass is 16.5. The second-order valence-electron chi connectivity index (χ2n) is 5.12. The van der Waals surface area contributed by atoms with Crippen molar-refractivity contribution in [1.82, 2.24) is 5.32 Å². The van der Waals surface area contributed by atoms with Crippen LogP contribution in [0.2, 0.25) is 0 Å². The first-order valence-corrected chi connectivity index (χ1v) is 7.20. The molecule has 1 atom stereocenters. The molecule has 1 aliphatic rings. The summed E-state index contributed by atoms with van der Waals surface area (Å²) in [5, 5.41) is 6.14. The van der Waals surface area contributed by atoms with Crippen molar-refractivity contribution in [2.24, 2.45) is 5.73 Å². The summed E-state index contributed by atoms with van der Waals surface area (Å²) in [7, 11) is 0. The molecule has 1 aliphatic heterocycles. The smallest absolute Gasteiger partial charge is 0.255 e. The molecule has 1 heterocycles. The van der Waals surface area contributed by atoms with Gasteiger partial charge in [0.05, 0.1) is 6.04 Å². The van der Waals surface area contributed by atoms with E-state index < -0.39 is 5.91 Å². The third kappa shape index (κ3) is 5.07. The van der Waals surface area contributed by atoms with Gasteiger partial charge in [0.1, 0.15) is 5.75 Å². The van der Waals surface area contributed by atoms with Gasteiger partial charge in [0.25, 0.3) is 5.91 Å². The number of carbonyl (C=O) groups is 2. The Morgan fingerprint density at radius 2 is 2.00 bits per heavy atom. The van der Waals surface area contributed by atoms with Crippen molar-refractivity contribution in [3.63, 3.8) is 0 Å². The monoisotopic (exact) mass is 291 g/mol. The van der Waals surface area contributed by atoms with Crippen LogP contribution in [0.25, 0.3) is 0 Å². The summed E-state index contributed by atoms with van der Waals surface area (Å²) in [6, 6.07) is 6.74. The number of amides is 2. The number of nitrogens with one attached hydrogen (secondary N) is 2. The summed E-state index contributed by atoms with van der Waals surface area (Å²) in [6.45, 7) is 0.732. The summed E-state index contributed by atoms with van der Waals surface area (Å²) in [6.07, 6.45) is 4.23. The first-order valence-electron chi connectivity index (χ1n) is 7.20. The molecule has 2 rings (SSSR count). The van der Waals surface area contributed by atoms with Crippen molar-refractivity contribution in [1.29, 1.82) is 0 Å². The summed E-state index contributed by atoms with van der Waals surface area (Å²) >= 11 is 0. The highest BCUT2D eigenvalue weighted by Crippen LogP contribution is 2.17. The van der Waals surface area contributed by atoms with Crippen LogP contribution < -0.4 is 21.1 Å². The van der Waals surface area contributed by atoms with E-state index in [0.717, 1.165) is 25.8 Å². The van der Waals surface area contributed by atoms with Gasteiger partial charge in [0.15, 0.2) is 6.61 Å². The van der Waals surface area contributed by atoms with E-state index in [0.29, 0.717) is 11.4 Å². The lowest BCUT2D eigenvalue weighted by Gasteiger charge is -2.15. The number of primary amides is 1. The molecule has 2 amide bonds. The van der Waals surface area contributed by atoms with Gasteiger partial charge in [-0.1, -0.05) is 12.8 Å². The topological polar surface area (TPSA) is 93.5 Å². The number of nitrogens with two attached hydrogens (primary N) is 1. The van der Waals surface area contributed by atoms with Crippen molar-refractivity contribution in [2.75, 3.05) is 18.5 Å². The summed E-state index contributed by atoms with van der Waals surface area (Å²) in [5.41, 5.74) is 5.71. The SMILES string of the molecule is NC(=O)COc1ccc(NC(=O)C2CCCCCN2)cc1.